The first-order chi connectivity index (χ1) is 9.47. The molecule has 1 unspecified atom stereocenters. The van der Waals surface area contributed by atoms with E-state index in [0.717, 1.165) is 19.3 Å². The van der Waals surface area contributed by atoms with Crippen LogP contribution in [0.3, 0.4) is 0 Å². The molecule has 1 atom stereocenters. The van der Waals surface area contributed by atoms with Gasteiger partial charge in [-0.15, -0.1) is 0 Å². The fraction of sp³-hybridized carbons (Fsp3) is 0.429. The number of amides is 1. The van der Waals surface area contributed by atoms with Crippen LogP contribution in [0.2, 0.25) is 0 Å². The standard InChI is InChI=1S/C14H17NO5/c16-11-5-4-8(7-12(11)17)6-10(14(19)20)15-13(18)9-2-1-3-9/h4-5,7,9-10,16-17H,1-3,6H2,(H,15,18)(H,19,20). The first kappa shape index (κ1) is 14.2. The topological polar surface area (TPSA) is 107 Å². The SMILES string of the molecule is O=C(NC(Cc1ccc(O)c(O)c1)C(=O)O)C1CCC1. The number of benzene rings is 1. The van der Waals surface area contributed by atoms with Crippen LogP contribution in [0.25, 0.3) is 0 Å². The second-order valence-electron chi connectivity index (χ2n) is 5.05. The zero-order valence-corrected chi connectivity index (χ0v) is 10.9. The Bertz CT molecular complexity index is 524. The summed E-state index contributed by atoms with van der Waals surface area (Å²) in [4.78, 5) is 23.0. The number of hydrogen-bond acceptors (Lipinski definition) is 4. The van der Waals surface area contributed by atoms with Crippen LogP contribution in [0.1, 0.15) is 24.8 Å². The quantitative estimate of drug-likeness (QED) is 0.602. The van der Waals surface area contributed by atoms with Gasteiger partial charge in [-0.1, -0.05) is 12.5 Å². The first-order valence-corrected chi connectivity index (χ1v) is 6.51. The lowest BCUT2D eigenvalue weighted by molar-refractivity contribution is -0.143. The summed E-state index contributed by atoms with van der Waals surface area (Å²) in [5, 5.41) is 30.3. The van der Waals surface area contributed by atoms with Gasteiger partial charge in [-0.05, 0) is 30.5 Å². The van der Waals surface area contributed by atoms with E-state index in [9.17, 15) is 19.8 Å². The van der Waals surface area contributed by atoms with E-state index in [1.54, 1.807) is 0 Å². The van der Waals surface area contributed by atoms with Gasteiger partial charge in [0.15, 0.2) is 11.5 Å². The number of phenolic OH excluding ortho intramolecular Hbond substituents is 2. The summed E-state index contributed by atoms with van der Waals surface area (Å²) in [6, 6.07) is 3.06. The highest BCUT2D eigenvalue weighted by Crippen LogP contribution is 2.27. The highest BCUT2D eigenvalue weighted by molar-refractivity contribution is 5.85. The summed E-state index contributed by atoms with van der Waals surface area (Å²) in [5.41, 5.74) is 0.529. The van der Waals surface area contributed by atoms with Gasteiger partial charge in [0.2, 0.25) is 5.91 Å². The molecule has 1 aromatic rings. The van der Waals surface area contributed by atoms with Crippen LogP contribution >= 0.6 is 0 Å². The van der Waals surface area contributed by atoms with Crippen LogP contribution in [0.5, 0.6) is 11.5 Å². The molecule has 0 saturated heterocycles. The van der Waals surface area contributed by atoms with Crippen molar-refractivity contribution >= 4 is 11.9 Å². The zero-order valence-electron chi connectivity index (χ0n) is 10.9. The predicted octanol–water partition coefficient (Wildman–Crippen LogP) is 1.01. The summed E-state index contributed by atoms with van der Waals surface area (Å²) in [6.07, 6.45) is 2.67. The third kappa shape index (κ3) is 3.20. The Labute approximate surface area is 116 Å². The van der Waals surface area contributed by atoms with Crippen LogP contribution in [-0.4, -0.2) is 33.2 Å². The Kier molecular flexibility index (Phi) is 4.12. The summed E-state index contributed by atoms with van der Waals surface area (Å²) in [5.74, 6) is -2.00. The lowest BCUT2D eigenvalue weighted by Crippen LogP contribution is -2.46. The Hall–Kier alpha value is -2.24. The molecule has 1 saturated carbocycles. The maximum Gasteiger partial charge on any atom is 0.326 e. The number of phenols is 2. The minimum Gasteiger partial charge on any atom is -0.504 e. The highest BCUT2D eigenvalue weighted by atomic mass is 16.4. The number of carboxylic acids is 1. The van der Waals surface area contributed by atoms with Crippen LogP contribution < -0.4 is 5.32 Å². The van der Waals surface area contributed by atoms with Gasteiger partial charge in [-0.2, -0.15) is 0 Å². The van der Waals surface area contributed by atoms with Gasteiger partial charge >= 0.3 is 5.97 Å². The normalized spacial score (nSPS) is 16.2. The summed E-state index contributed by atoms with van der Waals surface area (Å²) in [7, 11) is 0. The van der Waals surface area contributed by atoms with Crippen LogP contribution in [0.15, 0.2) is 18.2 Å². The van der Waals surface area contributed by atoms with Gasteiger partial charge in [0.25, 0.3) is 0 Å². The number of nitrogens with one attached hydrogen (secondary N) is 1. The van der Waals surface area contributed by atoms with Crippen LogP contribution in [0.4, 0.5) is 0 Å². The van der Waals surface area contributed by atoms with Gasteiger partial charge in [-0.25, -0.2) is 4.79 Å². The third-order valence-corrected chi connectivity index (χ3v) is 3.57. The molecule has 0 radical (unpaired) electrons. The minimum atomic E-state index is -1.12. The molecule has 4 N–H and O–H groups in total. The second kappa shape index (κ2) is 5.81. The molecular weight excluding hydrogens is 262 g/mol. The zero-order chi connectivity index (χ0) is 14.7. The largest absolute Gasteiger partial charge is 0.504 e. The maximum atomic E-state index is 11.8. The summed E-state index contributed by atoms with van der Waals surface area (Å²) >= 11 is 0. The maximum absolute atomic E-state index is 11.8. The Morgan fingerprint density at radius 1 is 1.25 bits per heavy atom. The number of hydrogen-bond donors (Lipinski definition) is 4. The van der Waals surface area contributed by atoms with Gasteiger partial charge in [-0.3, -0.25) is 4.79 Å². The van der Waals surface area contributed by atoms with Crippen molar-refractivity contribution in [3.63, 3.8) is 0 Å². The minimum absolute atomic E-state index is 0.0572. The molecule has 1 aliphatic rings. The Morgan fingerprint density at radius 3 is 2.45 bits per heavy atom. The molecule has 6 heteroatoms. The molecule has 2 rings (SSSR count). The van der Waals surface area contributed by atoms with Gasteiger partial charge in [0.05, 0.1) is 0 Å². The molecule has 0 bridgehead atoms. The third-order valence-electron chi connectivity index (χ3n) is 3.57. The molecule has 108 valence electrons. The van der Waals surface area contributed by atoms with Crippen molar-refractivity contribution in [1.82, 2.24) is 5.32 Å². The lowest BCUT2D eigenvalue weighted by atomic mass is 9.84. The van der Waals surface area contributed by atoms with Crippen molar-refractivity contribution in [2.45, 2.75) is 31.7 Å². The molecule has 0 aliphatic heterocycles. The van der Waals surface area contributed by atoms with E-state index < -0.39 is 12.0 Å². The van der Waals surface area contributed by atoms with E-state index in [4.69, 9.17) is 5.11 Å². The average molecular weight is 279 g/mol. The Balaban J connectivity index is 2.02. The molecule has 1 amide bonds. The molecular formula is C14H17NO5. The van der Waals surface area contributed by atoms with Crippen molar-refractivity contribution < 1.29 is 24.9 Å². The summed E-state index contributed by atoms with van der Waals surface area (Å²) in [6.45, 7) is 0. The molecule has 0 spiro atoms. The van der Waals surface area contributed by atoms with Gasteiger partial charge in [0, 0.05) is 12.3 Å². The molecule has 1 fully saturated rings. The van der Waals surface area contributed by atoms with Crippen LogP contribution in [0, 0.1) is 5.92 Å². The number of carbonyl (C=O) groups excluding carboxylic acids is 1. The van der Waals surface area contributed by atoms with E-state index in [2.05, 4.69) is 5.32 Å². The summed E-state index contributed by atoms with van der Waals surface area (Å²) < 4.78 is 0. The Morgan fingerprint density at radius 2 is 1.95 bits per heavy atom. The van der Waals surface area contributed by atoms with Crippen molar-refractivity contribution in [2.24, 2.45) is 5.92 Å². The van der Waals surface area contributed by atoms with Gasteiger partial charge < -0.3 is 20.6 Å². The number of carbonyl (C=O) groups is 2. The smallest absolute Gasteiger partial charge is 0.326 e. The predicted molar refractivity (Wildman–Crippen MR) is 70.4 cm³/mol. The fourth-order valence-corrected chi connectivity index (χ4v) is 2.09. The average Bonchev–Trinajstić information content (AvgIpc) is 2.30. The molecule has 20 heavy (non-hydrogen) atoms. The number of rotatable bonds is 5. The van der Waals surface area contributed by atoms with E-state index in [-0.39, 0.29) is 29.7 Å². The van der Waals surface area contributed by atoms with Crippen LogP contribution in [-0.2, 0) is 16.0 Å². The van der Waals surface area contributed by atoms with Gasteiger partial charge in [0.1, 0.15) is 6.04 Å². The van der Waals surface area contributed by atoms with E-state index >= 15 is 0 Å². The van der Waals surface area contributed by atoms with Crippen molar-refractivity contribution in [3.05, 3.63) is 23.8 Å². The van der Waals surface area contributed by atoms with E-state index in [0.29, 0.717) is 5.56 Å². The molecule has 1 aromatic carbocycles. The fourth-order valence-electron chi connectivity index (χ4n) is 2.09. The first-order valence-electron chi connectivity index (χ1n) is 6.51. The molecule has 0 aromatic heterocycles. The monoisotopic (exact) mass is 279 g/mol. The lowest BCUT2D eigenvalue weighted by Gasteiger charge is -2.26. The highest BCUT2D eigenvalue weighted by Gasteiger charge is 2.29. The molecule has 6 nitrogen and oxygen atoms in total. The molecule has 1 aliphatic carbocycles. The second-order valence-corrected chi connectivity index (χ2v) is 5.05. The number of carboxylic acid groups (broad SMARTS) is 1. The van der Waals surface area contributed by atoms with Crippen molar-refractivity contribution in [1.29, 1.82) is 0 Å². The van der Waals surface area contributed by atoms with Crippen molar-refractivity contribution in [2.75, 3.05) is 0 Å². The molecule has 0 heterocycles. The number of aliphatic carboxylic acids is 1. The van der Waals surface area contributed by atoms with E-state index in [1.807, 2.05) is 0 Å². The number of aromatic hydroxyl groups is 2. The van der Waals surface area contributed by atoms with E-state index in [1.165, 1.54) is 18.2 Å². The van der Waals surface area contributed by atoms with Crippen molar-refractivity contribution in [3.8, 4) is 11.5 Å².